The number of hydrogen-bond donors (Lipinski definition) is 7. The second-order valence-corrected chi connectivity index (χ2v) is 33.8. The molecule has 7 N–H and O–H groups in total. The molecule has 0 spiro atoms. The number of aromatic hydroxyl groups is 2. The summed E-state index contributed by atoms with van der Waals surface area (Å²) in [5.74, 6) is -2.03. The minimum Gasteiger partial charge on any atom is -0.504 e. The van der Waals surface area contributed by atoms with Gasteiger partial charge in [-0.25, -0.2) is 23.7 Å². The zero-order chi connectivity index (χ0) is 98.5. The Morgan fingerprint density at radius 1 is 0.307 bits per heavy atom. The van der Waals surface area contributed by atoms with E-state index in [1.807, 2.05) is 67.0 Å². The summed E-state index contributed by atoms with van der Waals surface area (Å²) in [6.07, 6.45) is 9.05. The molecule has 5 saturated heterocycles. The summed E-state index contributed by atoms with van der Waals surface area (Å²) in [5, 5.41) is 36.1. The maximum absolute atomic E-state index is 14.0. The van der Waals surface area contributed by atoms with E-state index in [4.69, 9.17) is 14.2 Å². The molecule has 3 atom stereocenters. The summed E-state index contributed by atoms with van der Waals surface area (Å²) >= 11 is 0. The molecular formula is C101H102F8N18O13. The highest BCUT2D eigenvalue weighted by atomic mass is 19.3. The molecule has 5 aliphatic heterocycles. The van der Waals surface area contributed by atoms with Gasteiger partial charge in [0.15, 0.2) is 57.6 Å². The highest BCUT2D eigenvalue weighted by Crippen LogP contribution is 2.38. The maximum atomic E-state index is 14.0. The van der Waals surface area contributed by atoms with Gasteiger partial charge in [-0.15, -0.1) is 0 Å². The van der Waals surface area contributed by atoms with Crippen molar-refractivity contribution in [1.82, 2.24) is 63.5 Å². The summed E-state index contributed by atoms with van der Waals surface area (Å²) in [4.78, 5) is 88.0. The van der Waals surface area contributed by atoms with Crippen molar-refractivity contribution in [2.75, 3.05) is 157 Å². The molecule has 5 aromatic carbocycles. The lowest BCUT2D eigenvalue weighted by Crippen LogP contribution is -2.49. The smallest absolute Gasteiger partial charge is 0.387 e. The first kappa shape index (κ1) is 97.8. The van der Waals surface area contributed by atoms with Gasteiger partial charge in [-0.05, 0) is 195 Å². The number of ether oxygens (including phenoxy) is 6. The Kier molecular flexibility index (Phi) is 30.7. The fourth-order valence-electron chi connectivity index (χ4n) is 17.2. The van der Waals surface area contributed by atoms with Crippen molar-refractivity contribution in [3.63, 3.8) is 0 Å². The Morgan fingerprint density at radius 3 is 0.936 bits per heavy atom. The third kappa shape index (κ3) is 23.4. The molecule has 39 heteroatoms. The van der Waals surface area contributed by atoms with Crippen LogP contribution in [0.25, 0.3) is 84.0 Å². The Labute approximate surface area is 796 Å². The predicted molar refractivity (Wildman–Crippen MR) is 521 cm³/mol. The molecule has 15 aromatic rings. The SMILES string of the molecule is COc1ccc(-c2cc(=O)n3cc(N4CCNCC4)ccc3c2)cc1F.COc1ccc(-c2cc(=O)n3cc(N4CCN[C@@H](C)C4)ccc3c2)cc1F.COc1ccc(-c2cc(=O)n3cc(N4CCN[C@@H](C)C4)ccc3n2)cc1OC(F)F.C[C@H]1CN(c2ccc3nc(-c4ccc(O)c(OC(F)F)c4)cc(=O)n3c2)CCN1.O=c1cc(-c2ccc(O)c(OC(F)F)c2)nc2ccc(N3CCNCC3)cn12. The van der Waals surface area contributed by atoms with Gasteiger partial charge in [-0.3, -0.25) is 46.0 Å². The van der Waals surface area contributed by atoms with Crippen LogP contribution >= 0.6 is 0 Å². The fourth-order valence-corrected chi connectivity index (χ4v) is 17.2. The number of pyridine rings is 7. The molecule has 10 aromatic heterocycles. The van der Waals surface area contributed by atoms with Crippen molar-refractivity contribution in [3.8, 4) is 102 Å². The number of benzene rings is 5. The van der Waals surface area contributed by atoms with Gasteiger partial charge in [0.05, 0.1) is 66.8 Å². The van der Waals surface area contributed by atoms with Crippen LogP contribution in [-0.2, 0) is 0 Å². The normalized spacial score (nSPS) is 16.1. The largest absolute Gasteiger partial charge is 0.504 e. The monoisotopic (exact) mass is 1930 g/mol. The van der Waals surface area contributed by atoms with E-state index in [0.717, 1.165) is 151 Å². The van der Waals surface area contributed by atoms with Gasteiger partial charge < -0.3 is 89.7 Å². The van der Waals surface area contributed by atoms with Crippen molar-refractivity contribution in [3.05, 3.63) is 289 Å². The Morgan fingerprint density at radius 2 is 0.600 bits per heavy atom. The third-order valence-corrected chi connectivity index (χ3v) is 24.3. The standard InChI is InChI=1S/C21H22F2N4O3.C21H22FN3O2.C20H20F2N4O3.C20H20FN3O2.C19H18F2N4O3/c1-13-11-26(8-7-24-13)15-4-6-19-25-16(10-20(28)27(19)12-15)14-3-5-17(29-2)18(9-14)30-21(22)23;1-14-12-24(8-7-23-14)18-5-4-17-9-16(11-21(26)25(17)13-18)15-3-6-20(27-2)19(22)10-15;1-12-10-25(7-6-23-12)14-3-5-18-24-15(9-19(28)26(18)11-14)13-2-4-16(27)17(8-13)29-20(21)22;1-26-19-5-2-14(11-18(19)21)15-10-16-3-4-17(13-24(16)20(25)12-15)23-8-6-22-7-9-23;20-19(21)28-16-9-12(1-3-15(16)26)14-10-18(27)25-11-13(2-4-17(25)23-14)24-7-5-22-6-8-24/h3-6,9-10,12-13,21,24H,7-8,11H2,1-2H3;3-6,9-11,13-14,23H,7-8,12H2,1-2H3;2-5,8-9,11-12,20,23,27H,6-7,10H2,1H3;2-5,10-13,22H,6-9H2,1H3;1-4,9-11,19,22,26H,5-8H2/t13-;14-;12-;;/m000../s1. The van der Waals surface area contributed by atoms with E-state index in [-0.39, 0.29) is 62.3 Å². The molecule has 0 radical (unpaired) electrons. The van der Waals surface area contributed by atoms with Gasteiger partial charge >= 0.3 is 19.8 Å². The van der Waals surface area contributed by atoms with Crippen LogP contribution in [0, 0.1) is 11.6 Å². The summed E-state index contributed by atoms with van der Waals surface area (Å²) in [5.41, 5.74) is 11.6. The number of nitrogens with one attached hydrogen (secondary N) is 5. The van der Waals surface area contributed by atoms with E-state index < -0.39 is 43.0 Å². The van der Waals surface area contributed by atoms with Crippen LogP contribution in [0.5, 0.6) is 46.0 Å². The molecule has 0 aliphatic carbocycles. The highest BCUT2D eigenvalue weighted by Gasteiger charge is 2.25. The Hall–Kier alpha value is -15.3. The average Bonchev–Trinajstić information content (AvgIpc) is 0.432. The number of methoxy groups -OCH3 is 3. The van der Waals surface area contributed by atoms with Crippen LogP contribution in [0.15, 0.2) is 249 Å². The number of piperazine rings is 5. The summed E-state index contributed by atoms with van der Waals surface area (Å²) in [6, 6.07) is 52.9. The molecule has 31 nitrogen and oxygen atoms in total. The fraction of sp³-hybridized carbons (Fsp3) is 0.287. The van der Waals surface area contributed by atoms with Crippen LogP contribution in [0.2, 0.25) is 0 Å². The second kappa shape index (κ2) is 44.0. The van der Waals surface area contributed by atoms with E-state index in [1.54, 1.807) is 82.0 Å². The molecule has 0 bridgehead atoms. The number of hydrogen-bond acceptors (Lipinski definition) is 26. The average molecular weight is 1930 g/mol. The van der Waals surface area contributed by atoms with E-state index in [9.17, 15) is 69.3 Å². The van der Waals surface area contributed by atoms with Crippen LogP contribution in [-0.4, -0.2) is 218 Å². The lowest BCUT2D eigenvalue weighted by molar-refractivity contribution is -0.0518. The van der Waals surface area contributed by atoms with Crippen LogP contribution in [0.1, 0.15) is 20.8 Å². The van der Waals surface area contributed by atoms with Gasteiger partial charge in [-0.1, -0.05) is 12.1 Å². The van der Waals surface area contributed by atoms with E-state index in [1.165, 1.54) is 119 Å². The Bertz CT molecular complexity index is 7330. The minimum absolute atomic E-state index is 0.116. The van der Waals surface area contributed by atoms with Crippen molar-refractivity contribution < 1.29 is 73.8 Å². The topological polar surface area (TPSA) is 318 Å². The third-order valence-electron chi connectivity index (χ3n) is 24.3. The number of nitrogens with zero attached hydrogens (tertiary/aromatic N) is 13. The zero-order valence-corrected chi connectivity index (χ0v) is 77.1. The summed E-state index contributed by atoms with van der Waals surface area (Å²) in [6.45, 7) is 12.3. The van der Waals surface area contributed by atoms with Crippen LogP contribution < -0.4 is 107 Å². The minimum atomic E-state index is -3.07. The lowest BCUT2D eigenvalue weighted by atomic mass is 10.1. The summed E-state index contributed by atoms with van der Waals surface area (Å²) < 4.78 is 139. The molecule has 5 fully saturated rings. The Balaban J connectivity index is 0.000000126. The first-order chi connectivity index (χ1) is 67.5. The number of phenols is 2. The molecule has 140 heavy (non-hydrogen) atoms. The number of fused-ring (bicyclic) bond motifs is 5. The number of phenolic OH excluding ortho intramolecular Hbond substituents is 2. The first-order valence-electron chi connectivity index (χ1n) is 45.2. The van der Waals surface area contributed by atoms with Gasteiger partial charge in [0.2, 0.25) is 0 Å². The predicted octanol–water partition coefficient (Wildman–Crippen LogP) is 12.8. The number of halogens is 8. The molecule has 0 amide bonds. The number of aromatic nitrogens is 8. The molecular weight excluding hydrogens is 1830 g/mol. The molecule has 20 rings (SSSR count). The molecule has 0 unspecified atom stereocenters. The quantitative estimate of drug-likeness (QED) is 0.0370. The number of alkyl halides is 6. The van der Waals surface area contributed by atoms with Gasteiger partial charge in [0, 0.05) is 218 Å². The van der Waals surface area contributed by atoms with Gasteiger partial charge in [0.1, 0.15) is 16.9 Å². The molecule has 0 saturated carbocycles. The second-order valence-electron chi connectivity index (χ2n) is 33.8. The van der Waals surface area contributed by atoms with E-state index >= 15 is 0 Å². The molecule has 15 heterocycles. The van der Waals surface area contributed by atoms with Crippen LogP contribution in [0.3, 0.4) is 0 Å². The number of rotatable bonds is 19. The van der Waals surface area contributed by atoms with Crippen molar-refractivity contribution in [1.29, 1.82) is 0 Å². The zero-order valence-electron chi connectivity index (χ0n) is 77.1. The lowest BCUT2D eigenvalue weighted by Gasteiger charge is -2.33. The highest BCUT2D eigenvalue weighted by molar-refractivity contribution is 5.74. The first-order valence-corrected chi connectivity index (χ1v) is 45.2. The number of anilines is 5. The van der Waals surface area contributed by atoms with Gasteiger partial charge in [0.25, 0.3) is 27.8 Å². The van der Waals surface area contributed by atoms with E-state index in [2.05, 4.69) is 101 Å². The van der Waals surface area contributed by atoms with Crippen molar-refractivity contribution in [2.45, 2.75) is 58.7 Å². The molecule has 730 valence electrons. The van der Waals surface area contributed by atoms with E-state index in [0.29, 0.717) is 91.1 Å². The van der Waals surface area contributed by atoms with Gasteiger partial charge in [-0.2, -0.15) is 26.3 Å². The van der Waals surface area contributed by atoms with Crippen LogP contribution in [0.4, 0.5) is 63.6 Å². The molecule has 5 aliphatic rings. The van der Waals surface area contributed by atoms with Crippen molar-refractivity contribution in [2.24, 2.45) is 0 Å². The summed E-state index contributed by atoms with van der Waals surface area (Å²) in [7, 11) is 4.22. The maximum Gasteiger partial charge on any atom is 0.387 e. The van der Waals surface area contributed by atoms with Crippen molar-refractivity contribution >= 4 is 56.4 Å².